The van der Waals surface area contributed by atoms with Gasteiger partial charge in [0.05, 0.1) is 0 Å². The van der Waals surface area contributed by atoms with E-state index in [-0.39, 0.29) is 29.6 Å². The first-order valence-corrected chi connectivity index (χ1v) is 3.55. The van der Waals surface area contributed by atoms with E-state index in [4.69, 9.17) is 4.89 Å². The van der Waals surface area contributed by atoms with Gasteiger partial charge in [0.1, 0.15) is 0 Å². The fourth-order valence-electron chi connectivity index (χ4n) is 0.214. The molecule has 0 saturated carbocycles. The Kier molecular flexibility index (Phi) is 11.3. The van der Waals surface area contributed by atoms with Gasteiger partial charge in [0.2, 0.25) is 0 Å². The van der Waals surface area contributed by atoms with Crippen molar-refractivity contribution in [3.63, 3.8) is 0 Å². The summed E-state index contributed by atoms with van der Waals surface area (Å²) in [4.78, 5) is 8.10. The van der Waals surface area contributed by atoms with Crippen LogP contribution in [0.15, 0.2) is 0 Å². The van der Waals surface area contributed by atoms with Crippen LogP contribution in [0.3, 0.4) is 0 Å². The molecular weight excluding hydrogens is 122 g/mol. The number of hydrogen-bond donors (Lipinski definition) is 1. The summed E-state index contributed by atoms with van der Waals surface area (Å²) in [6.07, 6.45) is 1.29. The molecule has 0 saturated heterocycles. The molecule has 4 heteroatoms. The molecule has 1 atom stereocenters. The predicted octanol–water partition coefficient (Wildman–Crippen LogP) is 0.215. The first-order chi connectivity index (χ1) is 2.77. The van der Waals surface area contributed by atoms with Crippen LogP contribution in [0.4, 0.5) is 0 Å². The van der Waals surface area contributed by atoms with Gasteiger partial charge in [-0.05, 0) is 6.42 Å². The normalized spacial score (nSPS) is 12.3. The Morgan fingerprint density at radius 1 is 1.71 bits per heavy atom. The van der Waals surface area contributed by atoms with E-state index in [0.717, 1.165) is 6.42 Å². The van der Waals surface area contributed by atoms with E-state index in [1.54, 1.807) is 0 Å². The van der Waals surface area contributed by atoms with Crippen molar-refractivity contribution in [1.82, 2.24) is 0 Å². The molecule has 0 aliphatic rings. The van der Waals surface area contributed by atoms with Gasteiger partial charge in [-0.2, -0.15) is 0 Å². The van der Waals surface area contributed by atoms with Gasteiger partial charge in [0.15, 0.2) is 8.03 Å². The summed E-state index contributed by atoms with van der Waals surface area (Å²) < 4.78 is 9.78. The molecule has 0 aromatic rings. The molecule has 0 aromatic carbocycles. The molecule has 0 radical (unpaired) electrons. The maximum atomic E-state index is 9.78. The molecule has 7 heavy (non-hydrogen) atoms. The predicted molar refractivity (Wildman–Crippen MR) is 33.5 cm³/mol. The van der Waals surface area contributed by atoms with Crippen molar-refractivity contribution >= 4 is 37.6 Å². The van der Waals surface area contributed by atoms with Crippen LogP contribution in [0.1, 0.15) is 13.3 Å². The van der Waals surface area contributed by atoms with Gasteiger partial charge in [-0.3, -0.25) is 4.57 Å². The van der Waals surface area contributed by atoms with Gasteiger partial charge in [0, 0.05) is 6.16 Å². The minimum absolute atomic E-state index is 0. The quantitative estimate of drug-likeness (QED) is 0.431. The SMILES string of the molecule is CCC[PH](=O)O.[NaH]. The summed E-state index contributed by atoms with van der Waals surface area (Å²) in [6, 6.07) is 0. The molecule has 0 aromatic heterocycles. The molecule has 0 fully saturated rings. The average Bonchev–Trinajstić information content (AvgIpc) is 1.35. The molecule has 1 unspecified atom stereocenters. The molecule has 0 heterocycles. The first-order valence-electron chi connectivity index (χ1n) is 1.99. The van der Waals surface area contributed by atoms with Gasteiger partial charge in [-0.25, -0.2) is 0 Å². The van der Waals surface area contributed by atoms with Crippen LogP contribution in [0.5, 0.6) is 0 Å². The molecule has 2 nitrogen and oxygen atoms in total. The van der Waals surface area contributed by atoms with Crippen LogP contribution < -0.4 is 0 Å². The molecule has 0 spiro atoms. The molecule has 0 aliphatic heterocycles. The maximum absolute atomic E-state index is 9.78. The zero-order valence-electron chi connectivity index (χ0n) is 3.77. The van der Waals surface area contributed by atoms with Gasteiger partial charge in [-0.15, -0.1) is 0 Å². The van der Waals surface area contributed by atoms with Crippen molar-refractivity contribution in [2.75, 3.05) is 6.16 Å². The second-order valence-corrected chi connectivity index (χ2v) is 2.43. The Labute approximate surface area is 66.5 Å². The van der Waals surface area contributed by atoms with Crippen LogP contribution >= 0.6 is 8.03 Å². The Balaban J connectivity index is 0. The van der Waals surface area contributed by atoms with Crippen molar-refractivity contribution in [2.24, 2.45) is 0 Å². The third-order valence-electron chi connectivity index (χ3n) is 0.464. The van der Waals surface area contributed by atoms with E-state index in [2.05, 4.69) is 0 Å². The zero-order chi connectivity index (χ0) is 4.99. The Hall–Kier alpha value is 1.19. The zero-order valence-corrected chi connectivity index (χ0v) is 4.77. The summed E-state index contributed by atoms with van der Waals surface area (Å²) in [7, 11) is -2.14. The monoisotopic (exact) mass is 132 g/mol. The van der Waals surface area contributed by atoms with E-state index in [9.17, 15) is 4.57 Å². The number of hydrogen-bond acceptors (Lipinski definition) is 1. The van der Waals surface area contributed by atoms with Crippen molar-refractivity contribution in [3.8, 4) is 0 Å². The second kappa shape index (κ2) is 7.19. The summed E-state index contributed by atoms with van der Waals surface area (Å²) in [6.45, 7) is 1.89. The van der Waals surface area contributed by atoms with E-state index in [1.165, 1.54) is 0 Å². The first kappa shape index (κ1) is 11.0. The summed E-state index contributed by atoms with van der Waals surface area (Å²) >= 11 is 0. The number of rotatable bonds is 2. The van der Waals surface area contributed by atoms with Crippen molar-refractivity contribution in [1.29, 1.82) is 0 Å². The van der Waals surface area contributed by atoms with E-state index >= 15 is 0 Å². The minimum atomic E-state index is -2.14. The molecule has 0 bridgehead atoms. The molecule has 40 valence electrons. The van der Waals surface area contributed by atoms with Gasteiger partial charge in [-0.1, -0.05) is 6.92 Å². The molecule has 0 amide bonds. The van der Waals surface area contributed by atoms with Crippen molar-refractivity contribution < 1.29 is 9.46 Å². The third-order valence-corrected chi connectivity index (χ3v) is 1.39. The van der Waals surface area contributed by atoms with Gasteiger partial charge >= 0.3 is 29.6 Å². The molecule has 1 N–H and O–H groups in total. The van der Waals surface area contributed by atoms with Crippen LogP contribution in [0.25, 0.3) is 0 Å². The van der Waals surface area contributed by atoms with Crippen LogP contribution in [-0.4, -0.2) is 40.6 Å². The second-order valence-electron chi connectivity index (χ2n) is 1.14. The standard InChI is InChI=1S/C3H9O2P.Na.H/c1-2-3-6(4)5;;/h6H,2-3H2,1H3,(H,4,5);;. The van der Waals surface area contributed by atoms with Crippen molar-refractivity contribution in [3.05, 3.63) is 0 Å². The topological polar surface area (TPSA) is 37.3 Å². The fourth-order valence-corrected chi connectivity index (χ4v) is 0.642. The third kappa shape index (κ3) is 11.0. The van der Waals surface area contributed by atoms with Crippen LogP contribution in [-0.2, 0) is 4.57 Å². The average molecular weight is 132 g/mol. The Bertz CT molecular complexity index is 56.9. The Morgan fingerprint density at radius 2 is 2.14 bits per heavy atom. The van der Waals surface area contributed by atoms with Crippen LogP contribution in [0, 0.1) is 0 Å². The van der Waals surface area contributed by atoms with Gasteiger partial charge in [0.25, 0.3) is 0 Å². The van der Waals surface area contributed by atoms with Crippen LogP contribution in [0.2, 0.25) is 0 Å². The van der Waals surface area contributed by atoms with E-state index < -0.39 is 8.03 Å². The molecule has 0 aliphatic carbocycles. The summed E-state index contributed by atoms with van der Waals surface area (Å²) in [5.41, 5.74) is 0. The molecular formula is C3H10NaO2P. The van der Waals surface area contributed by atoms with E-state index in [0.29, 0.717) is 6.16 Å². The van der Waals surface area contributed by atoms with Gasteiger partial charge < -0.3 is 4.89 Å². The fraction of sp³-hybridized carbons (Fsp3) is 1.00. The molecule has 0 rings (SSSR count). The van der Waals surface area contributed by atoms with Crippen molar-refractivity contribution in [2.45, 2.75) is 13.3 Å². The Morgan fingerprint density at radius 3 is 2.14 bits per heavy atom. The summed E-state index contributed by atoms with van der Waals surface area (Å²) in [5.74, 6) is 0. The summed E-state index contributed by atoms with van der Waals surface area (Å²) in [5, 5.41) is 0. The van der Waals surface area contributed by atoms with E-state index in [1.807, 2.05) is 6.92 Å².